The normalized spacial score (nSPS) is 10.3. The van der Waals surface area contributed by atoms with Gasteiger partial charge in [0, 0.05) is 26.2 Å². The lowest BCUT2D eigenvalue weighted by Gasteiger charge is -2.17. The Bertz CT molecular complexity index is 321. The van der Waals surface area contributed by atoms with Crippen LogP contribution < -0.4 is 10.2 Å². The molecule has 0 heterocycles. The maximum absolute atomic E-state index is 9.93. The van der Waals surface area contributed by atoms with Gasteiger partial charge in [0.2, 0.25) is 0 Å². The summed E-state index contributed by atoms with van der Waals surface area (Å²) in [5.41, 5.74) is 2.98. The van der Waals surface area contributed by atoms with Crippen molar-refractivity contribution in [1.82, 2.24) is 5.32 Å². The Morgan fingerprint density at radius 3 is 2.50 bits per heavy atom. The Kier molecular flexibility index (Phi) is 3.36. The van der Waals surface area contributed by atoms with Gasteiger partial charge in [-0.2, -0.15) is 0 Å². The van der Waals surface area contributed by atoms with Crippen LogP contribution in [0, 0.1) is 6.92 Å². The number of phenols is 1. The van der Waals surface area contributed by atoms with E-state index < -0.39 is 0 Å². The molecule has 14 heavy (non-hydrogen) atoms. The fourth-order valence-corrected chi connectivity index (χ4v) is 1.50. The van der Waals surface area contributed by atoms with Crippen molar-refractivity contribution in [2.75, 3.05) is 26.0 Å². The number of nitrogens with one attached hydrogen (secondary N) is 1. The molecule has 0 amide bonds. The number of nitrogens with zero attached hydrogens (tertiary/aromatic N) is 1. The van der Waals surface area contributed by atoms with Crippen molar-refractivity contribution in [3.8, 4) is 5.75 Å². The Balaban J connectivity index is 3.18. The summed E-state index contributed by atoms with van der Waals surface area (Å²) in [7, 11) is 5.73. The maximum atomic E-state index is 9.93. The van der Waals surface area contributed by atoms with E-state index >= 15 is 0 Å². The number of benzene rings is 1. The molecule has 0 aliphatic carbocycles. The molecular weight excluding hydrogens is 176 g/mol. The summed E-state index contributed by atoms with van der Waals surface area (Å²) >= 11 is 0. The number of aryl methyl sites for hydroxylation is 1. The van der Waals surface area contributed by atoms with E-state index in [0.717, 1.165) is 16.8 Å². The first-order valence-corrected chi connectivity index (χ1v) is 4.70. The molecular formula is C11H18N2O. The second-order valence-electron chi connectivity index (χ2n) is 3.72. The quantitative estimate of drug-likeness (QED) is 0.765. The number of rotatable bonds is 3. The monoisotopic (exact) mass is 194 g/mol. The molecule has 0 unspecified atom stereocenters. The fraction of sp³-hybridized carbons (Fsp3) is 0.455. The van der Waals surface area contributed by atoms with E-state index in [4.69, 9.17) is 0 Å². The van der Waals surface area contributed by atoms with Gasteiger partial charge in [0.25, 0.3) is 0 Å². The minimum Gasteiger partial charge on any atom is -0.505 e. The highest BCUT2D eigenvalue weighted by atomic mass is 16.3. The summed E-state index contributed by atoms with van der Waals surface area (Å²) in [6.07, 6.45) is 0. The molecule has 0 fully saturated rings. The standard InChI is InChI=1S/C11H18N2O/c1-8-5-9(7-12-2)11(14)10(6-8)13(3)4/h5-6,12,14H,7H2,1-4H3. The first-order chi connectivity index (χ1) is 6.56. The molecule has 0 aliphatic heterocycles. The van der Waals surface area contributed by atoms with Crippen LogP contribution >= 0.6 is 0 Å². The smallest absolute Gasteiger partial charge is 0.143 e. The summed E-state index contributed by atoms with van der Waals surface area (Å²) < 4.78 is 0. The van der Waals surface area contributed by atoms with Gasteiger partial charge in [-0.05, 0) is 25.6 Å². The molecule has 0 saturated heterocycles. The van der Waals surface area contributed by atoms with Gasteiger partial charge in [0.15, 0.2) is 0 Å². The Morgan fingerprint density at radius 1 is 1.36 bits per heavy atom. The fourth-order valence-electron chi connectivity index (χ4n) is 1.50. The van der Waals surface area contributed by atoms with E-state index in [1.807, 2.05) is 45.1 Å². The van der Waals surface area contributed by atoms with Gasteiger partial charge in [-0.25, -0.2) is 0 Å². The zero-order chi connectivity index (χ0) is 10.7. The average molecular weight is 194 g/mol. The van der Waals surface area contributed by atoms with Gasteiger partial charge >= 0.3 is 0 Å². The van der Waals surface area contributed by atoms with Gasteiger partial charge < -0.3 is 15.3 Å². The zero-order valence-electron chi connectivity index (χ0n) is 9.26. The SMILES string of the molecule is CNCc1cc(C)cc(N(C)C)c1O. The molecule has 0 aromatic heterocycles. The predicted octanol–water partition coefficient (Wildman–Crippen LogP) is 1.49. The summed E-state index contributed by atoms with van der Waals surface area (Å²) in [4.78, 5) is 1.92. The molecule has 3 nitrogen and oxygen atoms in total. The van der Waals surface area contributed by atoms with Gasteiger partial charge in [-0.1, -0.05) is 6.07 Å². The lowest BCUT2D eigenvalue weighted by Crippen LogP contribution is -2.12. The van der Waals surface area contributed by atoms with Gasteiger partial charge in [0.05, 0.1) is 5.69 Å². The van der Waals surface area contributed by atoms with Crippen molar-refractivity contribution in [3.05, 3.63) is 23.3 Å². The molecule has 0 radical (unpaired) electrons. The van der Waals surface area contributed by atoms with Crippen molar-refractivity contribution in [1.29, 1.82) is 0 Å². The Hall–Kier alpha value is -1.22. The van der Waals surface area contributed by atoms with Crippen LogP contribution in [0.15, 0.2) is 12.1 Å². The van der Waals surface area contributed by atoms with Crippen LogP contribution in [0.5, 0.6) is 5.75 Å². The third-order valence-corrected chi connectivity index (χ3v) is 2.16. The average Bonchev–Trinajstić information content (AvgIpc) is 2.10. The molecule has 0 aliphatic rings. The third kappa shape index (κ3) is 2.17. The van der Waals surface area contributed by atoms with Crippen LogP contribution in [0.25, 0.3) is 0 Å². The summed E-state index contributed by atoms with van der Waals surface area (Å²) in [6, 6.07) is 3.98. The highest BCUT2D eigenvalue weighted by molar-refractivity contribution is 5.62. The largest absolute Gasteiger partial charge is 0.505 e. The first-order valence-electron chi connectivity index (χ1n) is 4.70. The number of hydrogen-bond acceptors (Lipinski definition) is 3. The molecule has 78 valence electrons. The molecule has 0 saturated carbocycles. The Labute approximate surface area is 85.4 Å². The van der Waals surface area contributed by atoms with E-state index in [1.54, 1.807) is 0 Å². The predicted molar refractivity (Wildman–Crippen MR) is 59.9 cm³/mol. The van der Waals surface area contributed by atoms with E-state index in [0.29, 0.717) is 12.3 Å². The minimum absolute atomic E-state index is 0.370. The Morgan fingerprint density at radius 2 is 2.00 bits per heavy atom. The number of phenolic OH excluding ortho intramolecular Hbond substituents is 1. The summed E-state index contributed by atoms with van der Waals surface area (Å²) in [5.74, 6) is 0.370. The van der Waals surface area contributed by atoms with Crippen molar-refractivity contribution in [2.45, 2.75) is 13.5 Å². The van der Waals surface area contributed by atoms with E-state index in [-0.39, 0.29) is 0 Å². The molecule has 3 heteroatoms. The minimum atomic E-state index is 0.370. The van der Waals surface area contributed by atoms with Crippen molar-refractivity contribution < 1.29 is 5.11 Å². The first kappa shape index (κ1) is 10.9. The molecule has 2 N–H and O–H groups in total. The van der Waals surface area contributed by atoms with Crippen LogP contribution in [-0.2, 0) is 6.54 Å². The number of aromatic hydroxyl groups is 1. The zero-order valence-corrected chi connectivity index (χ0v) is 9.26. The van der Waals surface area contributed by atoms with Gasteiger partial charge in [-0.15, -0.1) is 0 Å². The second-order valence-corrected chi connectivity index (χ2v) is 3.72. The van der Waals surface area contributed by atoms with Crippen LogP contribution in [0.2, 0.25) is 0 Å². The number of anilines is 1. The van der Waals surface area contributed by atoms with Crippen molar-refractivity contribution in [2.24, 2.45) is 0 Å². The van der Waals surface area contributed by atoms with E-state index in [2.05, 4.69) is 5.32 Å². The third-order valence-electron chi connectivity index (χ3n) is 2.16. The molecule has 0 atom stereocenters. The van der Waals surface area contributed by atoms with Crippen molar-refractivity contribution in [3.63, 3.8) is 0 Å². The lowest BCUT2D eigenvalue weighted by atomic mass is 10.1. The van der Waals surface area contributed by atoms with E-state index in [9.17, 15) is 5.11 Å². The van der Waals surface area contributed by atoms with E-state index in [1.165, 1.54) is 0 Å². The van der Waals surface area contributed by atoms with Crippen LogP contribution in [0.1, 0.15) is 11.1 Å². The topological polar surface area (TPSA) is 35.5 Å². The highest BCUT2D eigenvalue weighted by Crippen LogP contribution is 2.30. The maximum Gasteiger partial charge on any atom is 0.143 e. The van der Waals surface area contributed by atoms with Gasteiger partial charge in [0.1, 0.15) is 5.75 Å². The molecule has 0 spiro atoms. The molecule has 1 aromatic carbocycles. The second kappa shape index (κ2) is 4.33. The van der Waals surface area contributed by atoms with Crippen LogP contribution in [0.3, 0.4) is 0 Å². The molecule has 0 bridgehead atoms. The number of hydrogen-bond donors (Lipinski definition) is 2. The lowest BCUT2D eigenvalue weighted by molar-refractivity contribution is 0.466. The van der Waals surface area contributed by atoms with Crippen LogP contribution in [-0.4, -0.2) is 26.2 Å². The molecule has 1 aromatic rings. The summed E-state index contributed by atoms with van der Waals surface area (Å²) in [5, 5.41) is 13.0. The molecule has 1 rings (SSSR count). The van der Waals surface area contributed by atoms with Crippen molar-refractivity contribution >= 4 is 5.69 Å². The van der Waals surface area contributed by atoms with Gasteiger partial charge in [-0.3, -0.25) is 0 Å². The van der Waals surface area contributed by atoms with Crippen LogP contribution in [0.4, 0.5) is 5.69 Å². The highest BCUT2D eigenvalue weighted by Gasteiger charge is 2.09. The summed E-state index contributed by atoms with van der Waals surface area (Å²) in [6.45, 7) is 2.72.